The molecular weight excluding hydrogens is 342 g/mol. The molecule has 27 heavy (non-hydrogen) atoms. The summed E-state index contributed by atoms with van der Waals surface area (Å²) in [7, 11) is 1.59. The van der Waals surface area contributed by atoms with Gasteiger partial charge in [-0.2, -0.15) is 0 Å². The molecule has 0 amide bonds. The van der Waals surface area contributed by atoms with E-state index in [-0.39, 0.29) is 5.70 Å². The maximum atomic E-state index is 12.2. The van der Waals surface area contributed by atoms with Crippen LogP contribution in [0.3, 0.4) is 0 Å². The Bertz CT molecular complexity index is 899. The molecule has 0 spiro atoms. The van der Waals surface area contributed by atoms with E-state index in [1.807, 2.05) is 49.4 Å². The maximum absolute atomic E-state index is 12.2. The van der Waals surface area contributed by atoms with Crippen LogP contribution in [0.25, 0.3) is 6.08 Å². The number of benzene rings is 2. The molecule has 2 aromatic rings. The van der Waals surface area contributed by atoms with Gasteiger partial charge in [-0.1, -0.05) is 37.1 Å². The third-order valence-corrected chi connectivity index (χ3v) is 4.13. The van der Waals surface area contributed by atoms with Gasteiger partial charge in [0.25, 0.3) is 0 Å². The number of ether oxygens (including phenoxy) is 3. The van der Waals surface area contributed by atoms with E-state index in [1.54, 1.807) is 13.2 Å². The van der Waals surface area contributed by atoms with Crippen LogP contribution in [0, 0.1) is 6.92 Å². The van der Waals surface area contributed by atoms with Crippen molar-refractivity contribution in [2.24, 2.45) is 4.99 Å². The highest BCUT2D eigenvalue weighted by Gasteiger charge is 2.24. The summed E-state index contributed by atoms with van der Waals surface area (Å²) in [6.07, 6.45) is 3.73. The second-order valence-electron chi connectivity index (χ2n) is 6.32. The Balaban J connectivity index is 1.84. The van der Waals surface area contributed by atoms with Crippen molar-refractivity contribution >= 4 is 17.9 Å². The van der Waals surface area contributed by atoms with Gasteiger partial charge >= 0.3 is 5.97 Å². The third kappa shape index (κ3) is 4.56. The first-order valence-corrected chi connectivity index (χ1v) is 9.01. The van der Waals surface area contributed by atoms with Crippen molar-refractivity contribution in [1.29, 1.82) is 0 Å². The lowest BCUT2D eigenvalue weighted by atomic mass is 10.1. The largest absolute Gasteiger partial charge is 0.493 e. The minimum Gasteiger partial charge on any atom is -0.493 e. The van der Waals surface area contributed by atoms with Crippen LogP contribution in [0.15, 0.2) is 53.2 Å². The Labute approximate surface area is 159 Å². The number of unbranched alkanes of at least 4 members (excludes halogenated alkanes) is 1. The van der Waals surface area contributed by atoms with Crippen molar-refractivity contribution in [2.45, 2.75) is 26.7 Å². The Morgan fingerprint density at radius 2 is 2.00 bits per heavy atom. The third-order valence-electron chi connectivity index (χ3n) is 4.13. The molecule has 0 bridgehead atoms. The van der Waals surface area contributed by atoms with Crippen molar-refractivity contribution in [1.82, 2.24) is 0 Å². The SMILES string of the molecule is CCCCOc1ccc(/C=C2\N=C(c3cccc(C)c3)OC2=O)cc1OC. The van der Waals surface area contributed by atoms with Crippen LogP contribution in [0.5, 0.6) is 11.5 Å². The molecule has 1 heterocycles. The molecule has 0 saturated heterocycles. The second-order valence-corrected chi connectivity index (χ2v) is 6.32. The number of nitrogens with zero attached hydrogens (tertiary/aromatic N) is 1. The molecule has 0 atom stereocenters. The first-order valence-electron chi connectivity index (χ1n) is 9.01. The number of hydrogen-bond acceptors (Lipinski definition) is 5. The molecule has 0 fully saturated rings. The van der Waals surface area contributed by atoms with Gasteiger partial charge in [0, 0.05) is 5.56 Å². The minimum atomic E-state index is -0.464. The standard InChI is InChI=1S/C22H23NO4/c1-4-5-11-26-19-10-9-16(14-20(19)25-3)13-18-22(24)27-21(23-18)17-8-6-7-15(2)12-17/h6-10,12-14H,4-5,11H2,1-3H3/b18-13-. The number of carbonyl (C=O) groups is 1. The van der Waals surface area contributed by atoms with Crippen LogP contribution < -0.4 is 9.47 Å². The number of rotatable bonds is 7. The molecule has 140 valence electrons. The number of esters is 1. The molecular formula is C22H23NO4. The summed E-state index contributed by atoms with van der Waals surface area (Å²) in [5, 5.41) is 0. The van der Waals surface area contributed by atoms with Crippen LogP contribution in [0.1, 0.15) is 36.5 Å². The van der Waals surface area contributed by atoms with E-state index in [1.165, 1.54) is 0 Å². The van der Waals surface area contributed by atoms with Gasteiger partial charge in [0.05, 0.1) is 13.7 Å². The zero-order chi connectivity index (χ0) is 19.2. The number of cyclic esters (lactones) is 1. The van der Waals surface area contributed by atoms with Crippen molar-refractivity contribution in [3.8, 4) is 11.5 Å². The first-order chi connectivity index (χ1) is 13.1. The molecule has 0 unspecified atom stereocenters. The molecule has 5 nitrogen and oxygen atoms in total. The molecule has 0 aromatic heterocycles. The van der Waals surface area contributed by atoms with Crippen LogP contribution in [-0.2, 0) is 9.53 Å². The number of aliphatic imine (C=N–C) groups is 1. The molecule has 0 radical (unpaired) electrons. The molecule has 3 rings (SSSR count). The van der Waals surface area contributed by atoms with Crippen LogP contribution >= 0.6 is 0 Å². The number of carbonyl (C=O) groups excluding carboxylic acids is 1. The van der Waals surface area contributed by atoms with E-state index in [2.05, 4.69) is 11.9 Å². The van der Waals surface area contributed by atoms with Gasteiger partial charge in [-0.05, 0) is 49.2 Å². The Kier molecular flexibility index (Phi) is 5.91. The van der Waals surface area contributed by atoms with E-state index >= 15 is 0 Å². The molecule has 0 aliphatic carbocycles. The van der Waals surface area contributed by atoms with E-state index in [9.17, 15) is 4.79 Å². The molecule has 1 aliphatic heterocycles. The summed E-state index contributed by atoms with van der Waals surface area (Å²) < 4.78 is 16.5. The summed E-state index contributed by atoms with van der Waals surface area (Å²) in [6.45, 7) is 4.74. The van der Waals surface area contributed by atoms with Gasteiger partial charge in [-0.3, -0.25) is 0 Å². The topological polar surface area (TPSA) is 57.1 Å². The number of hydrogen-bond donors (Lipinski definition) is 0. The Morgan fingerprint density at radius 1 is 1.15 bits per heavy atom. The maximum Gasteiger partial charge on any atom is 0.363 e. The summed E-state index contributed by atoms with van der Waals surface area (Å²) in [5.41, 5.74) is 2.90. The smallest absolute Gasteiger partial charge is 0.363 e. The average Bonchev–Trinajstić information content (AvgIpc) is 3.03. The molecule has 0 saturated carbocycles. The second kappa shape index (κ2) is 8.54. The number of methoxy groups -OCH3 is 1. The van der Waals surface area contributed by atoms with Crippen molar-refractivity contribution in [2.75, 3.05) is 13.7 Å². The molecule has 0 N–H and O–H groups in total. The fraction of sp³-hybridized carbons (Fsp3) is 0.273. The summed E-state index contributed by atoms with van der Waals surface area (Å²) in [5.74, 6) is 1.16. The van der Waals surface area contributed by atoms with E-state index < -0.39 is 5.97 Å². The van der Waals surface area contributed by atoms with Crippen molar-refractivity contribution in [3.05, 3.63) is 64.9 Å². The summed E-state index contributed by atoms with van der Waals surface area (Å²) in [6, 6.07) is 13.2. The minimum absolute atomic E-state index is 0.258. The predicted molar refractivity (Wildman–Crippen MR) is 105 cm³/mol. The summed E-state index contributed by atoms with van der Waals surface area (Å²) in [4.78, 5) is 16.5. The molecule has 2 aromatic carbocycles. The van der Waals surface area contributed by atoms with Gasteiger partial charge in [0.15, 0.2) is 17.2 Å². The monoisotopic (exact) mass is 365 g/mol. The lowest BCUT2D eigenvalue weighted by Crippen LogP contribution is -2.05. The van der Waals surface area contributed by atoms with Crippen LogP contribution in [0.2, 0.25) is 0 Å². The fourth-order valence-electron chi connectivity index (χ4n) is 2.69. The van der Waals surface area contributed by atoms with Gasteiger partial charge in [-0.15, -0.1) is 0 Å². The van der Waals surface area contributed by atoms with Crippen molar-refractivity contribution < 1.29 is 19.0 Å². The van der Waals surface area contributed by atoms with Crippen molar-refractivity contribution in [3.63, 3.8) is 0 Å². The van der Waals surface area contributed by atoms with Gasteiger partial charge in [0.2, 0.25) is 5.90 Å². The van der Waals surface area contributed by atoms with Crippen LogP contribution in [0.4, 0.5) is 0 Å². The molecule has 5 heteroatoms. The van der Waals surface area contributed by atoms with Gasteiger partial charge in [-0.25, -0.2) is 9.79 Å². The number of aryl methyl sites for hydroxylation is 1. The van der Waals surface area contributed by atoms with Gasteiger partial charge in [0.1, 0.15) is 0 Å². The van der Waals surface area contributed by atoms with Crippen LogP contribution in [-0.4, -0.2) is 25.6 Å². The fourth-order valence-corrected chi connectivity index (χ4v) is 2.69. The Morgan fingerprint density at radius 3 is 2.74 bits per heavy atom. The highest BCUT2D eigenvalue weighted by molar-refractivity contribution is 6.12. The van der Waals surface area contributed by atoms with E-state index in [4.69, 9.17) is 14.2 Å². The molecule has 1 aliphatic rings. The zero-order valence-electron chi connectivity index (χ0n) is 15.8. The average molecular weight is 365 g/mol. The predicted octanol–water partition coefficient (Wildman–Crippen LogP) is 4.53. The lowest BCUT2D eigenvalue weighted by Gasteiger charge is -2.10. The highest BCUT2D eigenvalue weighted by atomic mass is 16.6. The summed E-state index contributed by atoms with van der Waals surface area (Å²) >= 11 is 0. The quantitative estimate of drug-likeness (QED) is 0.411. The lowest BCUT2D eigenvalue weighted by molar-refractivity contribution is -0.129. The van der Waals surface area contributed by atoms with E-state index in [0.29, 0.717) is 24.0 Å². The highest BCUT2D eigenvalue weighted by Crippen LogP contribution is 2.30. The van der Waals surface area contributed by atoms with Gasteiger partial charge < -0.3 is 14.2 Å². The zero-order valence-corrected chi connectivity index (χ0v) is 15.8. The normalized spacial score (nSPS) is 14.9. The first kappa shape index (κ1) is 18.7. The Hall–Kier alpha value is -3.08. The van der Waals surface area contributed by atoms with E-state index in [0.717, 1.165) is 29.5 Å².